The Kier molecular flexibility index (Phi) is 14.4. The van der Waals surface area contributed by atoms with Crippen LogP contribution in [0.15, 0.2) is 72.8 Å². The van der Waals surface area contributed by atoms with Crippen molar-refractivity contribution < 1.29 is 57.5 Å². The molecule has 0 radical (unpaired) electrons. The van der Waals surface area contributed by atoms with Gasteiger partial charge >= 0.3 is 12.1 Å². The first-order chi connectivity index (χ1) is 22.7. The first-order valence-corrected chi connectivity index (χ1v) is 15.3. The number of carbonyl (C=O) groups is 2. The Morgan fingerprint density at radius 3 is 2.60 bits per heavy atom. The zero-order valence-corrected chi connectivity index (χ0v) is 26.1. The van der Waals surface area contributed by atoms with Crippen molar-refractivity contribution in [2.75, 3.05) is 6.61 Å². The monoisotopic (exact) mass is 680 g/mol. The molecule has 2 aromatic carbocycles. The van der Waals surface area contributed by atoms with Crippen LogP contribution < -0.4 is 14.8 Å². The van der Waals surface area contributed by atoms with Gasteiger partial charge < -0.3 is 34.9 Å². The number of aliphatic hydroxyl groups is 3. The number of halogens is 3. The standard InChI is InChI=1S/C33H39F3N2O10/c1-21(32(43)48-30-13-7-6-9-22(30)19-47-38(44)45)37-31(42)14-5-3-2-4-12-26-27(29(41)18-28(26)40)16-15-24(39)20-46-25-11-8-10-23(17-25)33(34,35)36/h2,4,6-11,13,15-17,21,24,26-29,39-41H,3,5,12,14,18-20H2,1H3,(H,37,42)/t21?,24-,26-,27-,28+,29-/m1/s1. The molecular formula is C33H39F3N2O10. The van der Waals surface area contributed by atoms with Crippen LogP contribution in [-0.4, -0.2) is 63.2 Å². The van der Waals surface area contributed by atoms with Gasteiger partial charge in [-0.1, -0.05) is 48.6 Å². The maximum absolute atomic E-state index is 12.9. The number of nitrogens with zero attached hydrogens (tertiary/aromatic N) is 1. The van der Waals surface area contributed by atoms with Gasteiger partial charge in [0.25, 0.3) is 5.09 Å². The van der Waals surface area contributed by atoms with Crippen molar-refractivity contribution in [2.45, 2.75) is 76.2 Å². The van der Waals surface area contributed by atoms with Crippen LogP contribution in [0.25, 0.3) is 0 Å². The first kappa shape index (κ1) is 38.0. The number of para-hydroxylation sites is 1. The lowest BCUT2D eigenvalue weighted by Gasteiger charge is -2.19. The molecule has 2 aromatic rings. The number of ether oxygens (including phenoxy) is 2. The van der Waals surface area contributed by atoms with Gasteiger partial charge in [0, 0.05) is 24.3 Å². The molecule has 0 aromatic heterocycles. The van der Waals surface area contributed by atoms with Crippen LogP contribution >= 0.6 is 0 Å². The average Bonchev–Trinajstić information content (AvgIpc) is 3.30. The van der Waals surface area contributed by atoms with E-state index in [0.29, 0.717) is 19.3 Å². The summed E-state index contributed by atoms with van der Waals surface area (Å²) in [6.07, 6.45) is 0.945. The second-order valence-electron chi connectivity index (χ2n) is 11.3. The highest BCUT2D eigenvalue weighted by atomic mass is 19.4. The molecular weight excluding hydrogens is 641 g/mol. The second kappa shape index (κ2) is 18.2. The Labute approximate surface area is 274 Å². The number of alkyl halides is 3. The number of unbranched alkanes of at least 4 members (excludes halogenated alkanes) is 1. The SMILES string of the molecule is CC(NC(=O)CCCC=CC[C@@H]1[C@@H](C=C[C@@H](O)COc2cccc(C(F)(F)F)c2)[C@H](O)C[C@@H]1O)C(=O)Oc1ccccc1CO[N+](=O)[O-]. The minimum atomic E-state index is -4.52. The van der Waals surface area contributed by atoms with Crippen LogP contribution in [0.1, 0.15) is 50.2 Å². The van der Waals surface area contributed by atoms with Crippen molar-refractivity contribution >= 4 is 11.9 Å². The number of aliphatic hydroxyl groups excluding tert-OH is 3. The summed E-state index contributed by atoms with van der Waals surface area (Å²) in [7, 11) is 0. The molecule has 3 rings (SSSR count). The van der Waals surface area contributed by atoms with Crippen molar-refractivity contribution in [1.82, 2.24) is 5.32 Å². The maximum Gasteiger partial charge on any atom is 0.416 e. The molecule has 1 unspecified atom stereocenters. The fourth-order valence-electron chi connectivity index (χ4n) is 5.13. The quantitative estimate of drug-likeness (QED) is 0.0471. The van der Waals surface area contributed by atoms with E-state index in [9.17, 15) is 48.2 Å². The van der Waals surface area contributed by atoms with Crippen molar-refractivity contribution in [2.24, 2.45) is 11.8 Å². The van der Waals surface area contributed by atoms with Gasteiger partial charge in [-0.2, -0.15) is 13.2 Å². The summed E-state index contributed by atoms with van der Waals surface area (Å²) in [5, 5.41) is 43.3. The number of esters is 1. The van der Waals surface area contributed by atoms with E-state index in [1.165, 1.54) is 37.3 Å². The van der Waals surface area contributed by atoms with Gasteiger partial charge in [0.15, 0.2) is 0 Å². The second-order valence-corrected chi connectivity index (χ2v) is 11.3. The van der Waals surface area contributed by atoms with Crippen LogP contribution in [0.5, 0.6) is 11.5 Å². The van der Waals surface area contributed by atoms with Gasteiger partial charge in [-0.3, -0.25) is 4.79 Å². The lowest BCUT2D eigenvalue weighted by molar-refractivity contribution is -0.763. The Bertz CT molecular complexity index is 1430. The van der Waals surface area contributed by atoms with Crippen LogP contribution in [-0.2, 0) is 27.2 Å². The highest BCUT2D eigenvalue weighted by molar-refractivity contribution is 5.85. The summed E-state index contributed by atoms with van der Waals surface area (Å²) in [4.78, 5) is 39.6. The van der Waals surface area contributed by atoms with Crippen molar-refractivity contribution in [1.29, 1.82) is 0 Å². The number of rotatable bonds is 17. The Morgan fingerprint density at radius 2 is 1.88 bits per heavy atom. The van der Waals surface area contributed by atoms with Gasteiger partial charge in [0.2, 0.25) is 5.91 Å². The smallest absolute Gasteiger partial charge is 0.416 e. The van der Waals surface area contributed by atoms with Crippen LogP contribution in [0.3, 0.4) is 0 Å². The van der Waals surface area contributed by atoms with Crippen LogP contribution in [0.4, 0.5) is 13.2 Å². The fraction of sp³-hybridized carbons (Fsp3) is 0.455. The van der Waals surface area contributed by atoms with Gasteiger partial charge in [0.05, 0.1) is 17.8 Å². The molecule has 0 spiro atoms. The number of benzene rings is 2. The largest absolute Gasteiger partial charge is 0.491 e. The number of carbonyl (C=O) groups excluding carboxylic acids is 2. The summed E-state index contributed by atoms with van der Waals surface area (Å²) in [6.45, 7) is 0.734. The Morgan fingerprint density at radius 1 is 1.12 bits per heavy atom. The third-order valence-corrected chi connectivity index (χ3v) is 7.64. The van der Waals surface area contributed by atoms with E-state index in [-0.39, 0.29) is 48.3 Å². The van der Waals surface area contributed by atoms with Crippen LogP contribution in [0, 0.1) is 22.0 Å². The third kappa shape index (κ3) is 12.3. The van der Waals surface area contributed by atoms with Gasteiger partial charge in [-0.15, -0.1) is 10.1 Å². The molecule has 1 aliphatic carbocycles. The van der Waals surface area contributed by atoms with E-state index in [4.69, 9.17) is 9.47 Å². The third-order valence-electron chi connectivity index (χ3n) is 7.64. The molecule has 48 heavy (non-hydrogen) atoms. The van der Waals surface area contributed by atoms with Gasteiger partial charge in [-0.25, -0.2) is 4.79 Å². The zero-order chi connectivity index (χ0) is 35.3. The predicted molar refractivity (Wildman–Crippen MR) is 165 cm³/mol. The number of allylic oxidation sites excluding steroid dienone is 2. The molecule has 1 amide bonds. The molecule has 12 nitrogen and oxygen atoms in total. The van der Waals surface area contributed by atoms with E-state index in [0.717, 1.165) is 12.1 Å². The van der Waals surface area contributed by atoms with E-state index < -0.39 is 59.7 Å². The van der Waals surface area contributed by atoms with E-state index in [2.05, 4.69) is 10.2 Å². The molecule has 0 saturated heterocycles. The molecule has 1 fully saturated rings. The van der Waals surface area contributed by atoms with Crippen molar-refractivity contribution in [3.63, 3.8) is 0 Å². The summed E-state index contributed by atoms with van der Waals surface area (Å²) in [5.41, 5.74) is -0.584. The normalized spacial score (nSPS) is 20.8. The first-order valence-electron chi connectivity index (χ1n) is 15.3. The lowest BCUT2D eigenvalue weighted by atomic mass is 9.89. The van der Waals surface area contributed by atoms with E-state index in [1.54, 1.807) is 18.2 Å². The minimum Gasteiger partial charge on any atom is -0.491 e. The number of hydrogen-bond acceptors (Lipinski definition) is 10. The predicted octanol–water partition coefficient (Wildman–Crippen LogP) is 4.29. The van der Waals surface area contributed by atoms with Gasteiger partial charge in [0.1, 0.15) is 36.9 Å². The summed E-state index contributed by atoms with van der Waals surface area (Å²) < 4.78 is 49.3. The Hall–Kier alpha value is -4.47. The molecule has 0 bridgehead atoms. The molecule has 15 heteroatoms. The topological polar surface area (TPSA) is 178 Å². The summed E-state index contributed by atoms with van der Waals surface area (Å²) in [6, 6.07) is 9.46. The molecule has 1 aliphatic rings. The van der Waals surface area contributed by atoms with Gasteiger partial charge in [-0.05, 0) is 56.4 Å². The number of hydrogen-bond donors (Lipinski definition) is 4. The van der Waals surface area contributed by atoms with E-state index in [1.807, 2.05) is 12.2 Å². The summed E-state index contributed by atoms with van der Waals surface area (Å²) in [5.74, 6) is -1.94. The zero-order valence-electron chi connectivity index (χ0n) is 26.1. The fourth-order valence-corrected chi connectivity index (χ4v) is 5.13. The minimum absolute atomic E-state index is 0.0486. The molecule has 4 N–H and O–H groups in total. The van der Waals surface area contributed by atoms with Crippen molar-refractivity contribution in [3.05, 3.63) is 94.1 Å². The number of nitrogens with one attached hydrogen (secondary N) is 1. The van der Waals surface area contributed by atoms with Crippen LogP contribution in [0.2, 0.25) is 0 Å². The maximum atomic E-state index is 12.9. The molecule has 262 valence electrons. The highest BCUT2D eigenvalue weighted by Crippen LogP contribution is 2.36. The summed E-state index contributed by atoms with van der Waals surface area (Å²) >= 11 is 0. The van der Waals surface area contributed by atoms with Crippen molar-refractivity contribution in [3.8, 4) is 11.5 Å². The Balaban J connectivity index is 1.39. The highest BCUT2D eigenvalue weighted by Gasteiger charge is 2.39. The average molecular weight is 681 g/mol. The molecule has 0 heterocycles. The molecule has 1 saturated carbocycles. The lowest BCUT2D eigenvalue weighted by Crippen LogP contribution is -2.40. The molecule has 0 aliphatic heterocycles. The molecule has 6 atom stereocenters. The number of amides is 1. The van der Waals surface area contributed by atoms with E-state index >= 15 is 0 Å².